The highest BCUT2D eigenvalue weighted by molar-refractivity contribution is 5.67. The molecule has 0 spiro atoms. The lowest BCUT2D eigenvalue weighted by Gasteiger charge is -2.42. The molecule has 2 saturated heterocycles. The summed E-state index contributed by atoms with van der Waals surface area (Å²) >= 11 is 0. The maximum atomic E-state index is 10.7. The first-order chi connectivity index (χ1) is 8.54. The Labute approximate surface area is 108 Å². The lowest BCUT2D eigenvalue weighted by molar-refractivity contribution is -0.144. The minimum Gasteiger partial charge on any atom is -0.481 e. The van der Waals surface area contributed by atoms with Crippen LogP contribution in [0.15, 0.2) is 0 Å². The molecule has 2 heterocycles. The number of carboxylic acids is 1. The van der Waals surface area contributed by atoms with Crippen molar-refractivity contribution in [2.45, 2.75) is 57.5 Å². The molecule has 5 nitrogen and oxygen atoms in total. The van der Waals surface area contributed by atoms with Crippen LogP contribution in [0.4, 0.5) is 0 Å². The largest absolute Gasteiger partial charge is 0.481 e. The summed E-state index contributed by atoms with van der Waals surface area (Å²) in [4.78, 5) is 13.1. The number of morpholine rings is 1. The highest BCUT2D eigenvalue weighted by atomic mass is 16.5. The van der Waals surface area contributed by atoms with Gasteiger partial charge in [0.05, 0.1) is 31.3 Å². The molecule has 1 N–H and O–H groups in total. The summed E-state index contributed by atoms with van der Waals surface area (Å²) in [5.41, 5.74) is 0. The van der Waals surface area contributed by atoms with Gasteiger partial charge in [-0.3, -0.25) is 9.69 Å². The molecule has 0 saturated carbocycles. The van der Waals surface area contributed by atoms with Crippen molar-refractivity contribution >= 4 is 5.97 Å². The number of nitrogens with zero attached hydrogens (tertiary/aromatic N) is 1. The number of carbonyl (C=O) groups is 1. The van der Waals surface area contributed by atoms with E-state index in [1.807, 2.05) is 0 Å². The highest BCUT2D eigenvalue weighted by Crippen LogP contribution is 2.25. The van der Waals surface area contributed by atoms with Crippen molar-refractivity contribution in [2.75, 3.05) is 19.7 Å². The lowest BCUT2D eigenvalue weighted by Crippen LogP contribution is -2.51. The van der Waals surface area contributed by atoms with E-state index in [-0.39, 0.29) is 12.5 Å². The van der Waals surface area contributed by atoms with Gasteiger partial charge >= 0.3 is 5.97 Å². The van der Waals surface area contributed by atoms with Crippen molar-refractivity contribution < 1.29 is 19.4 Å². The molecule has 0 radical (unpaired) electrons. The maximum Gasteiger partial charge on any atom is 0.306 e. The second-order valence-electron chi connectivity index (χ2n) is 5.47. The highest BCUT2D eigenvalue weighted by Gasteiger charge is 2.32. The van der Waals surface area contributed by atoms with Crippen LogP contribution in [-0.4, -0.2) is 60.0 Å². The SMILES string of the molecule is CC1CC(N2CCOC(CC(=O)O)C2)CC(C)O1. The monoisotopic (exact) mass is 257 g/mol. The molecule has 0 amide bonds. The van der Waals surface area contributed by atoms with Crippen molar-refractivity contribution in [1.29, 1.82) is 0 Å². The van der Waals surface area contributed by atoms with Gasteiger partial charge in [-0.15, -0.1) is 0 Å². The Morgan fingerprint density at radius 1 is 1.33 bits per heavy atom. The van der Waals surface area contributed by atoms with Crippen LogP contribution in [0.25, 0.3) is 0 Å². The van der Waals surface area contributed by atoms with Crippen LogP contribution in [0.2, 0.25) is 0 Å². The van der Waals surface area contributed by atoms with Gasteiger partial charge in [-0.2, -0.15) is 0 Å². The zero-order chi connectivity index (χ0) is 13.1. The molecule has 0 aromatic rings. The zero-order valence-electron chi connectivity index (χ0n) is 11.2. The molecule has 18 heavy (non-hydrogen) atoms. The number of hydrogen-bond acceptors (Lipinski definition) is 4. The van der Waals surface area contributed by atoms with E-state index in [1.54, 1.807) is 0 Å². The minimum atomic E-state index is -0.782. The Morgan fingerprint density at radius 3 is 2.61 bits per heavy atom. The quantitative estimate of drug-likeness (QED) is 0.821. The van der Waals surface area contributed by atoms with Gasteiger partial charge in [0.2, 0.25) is 0 Å². The number of rotatable bonds is 3. The lowest BCUT2D eigenvalue weighted by atomic mass is 9.97. The van der Waals surface area contributed by atoms with E-state index in [0.717, 1.165) is 25.9 Å². The Balaban J connectivity index is 1.89. The van der Waals surface area contributed by atoms with Crippen LogP contribution >= 0.6 is 0 Å². The Morgan fingerprint density at radius 2 is 2.00 bits per heavy atom. The first kappa shape index (κ1) is 13.8. The summed E-state index contributed by atoms with van der Waals surface area (Å²) in [6, 6.07) is 0.504. The Bertz CT molecular complexity index is 287. The molecule has 3 atom stereocenters. The van der Waals surface area contributed by atoms with E-state index in [2.05, 4.69) is 18.7 Å². The van der Waals surface area contributed by atoms with Crippen LogP contribution in [0.3, 0.4) is 0 Å². The van der Waals surface area contributed by atoms with Crippen LogP contribution in [0.1, 0.15) is 33.1 Å². The van der Waals surface area contributed by atoms with Crippen LogP contribution in [0, 0.1) is 0 Å². The van der Waals surface area contributed by atoms with Gasteiger partial charge in [-0.1, -0.05) is 0 Å². The average Bonchev–Trinajstić information content (AvgIpc) is 2.27. The third kappa shape index (κ3) is 3.67. The smallest absolute Gasteiger partial charge is 0.306 e. The van der Waals surface area contributed by atoms with E-state index in [0.29, 0.717) is 24.9 Å². The van der Waals surface area contributed by atoms with Crippen molar-refractivity contribution in [2.24, 2.45) is 0 Å². The summed E-state index contributed by atoms with van der Waals surface area (Å²) in [6.07, 6.45) is 2.59. The fourth-order valence-corrected chi connectivity index (χ4v) is 3.06. The molecule has 2 aliphatic heterocycles. The normalized spacial score (nSPS) is 38.6. The van der Waals surface area contributed by atoms with Gasteiger partial charge in [0.15, 0.2) is 0 Å². The molecule has 0 bridgehead atoms. The summed E-state index contributed by atoms with van der Waals surface area (Å²) in [5.74, 6) is -0.782. The molecule has 2 aliphatic rings. The van der Waals surface area contributed by atoms with Crippen molar-refractivity contribution in [3.63, 3.8) is 0 Å². The number of ether oxygens (including phenoxy) is 2. The summed E-state index contributed by atoms with van der Waals surface area (Å²) in [7, 11) is 0. The summed E-state index contributed by atoms with van der Waals surface area (Å²) < 4.78 is 11.3. The van der Waals surface area contributed by atoms with E-state index in [4.69, 9.17) is 14.6 Å². The van der Waals surface area contributed by atoms with E-state index < -0.39 is 5.97 Å². The Hall–Kier alpha value is -0.650. The third-order valence-corrected chi connectivity index (χ3v) is 3.76. The average molecular weight is 257 g/mol. The molecule has 2 rings (SSSR count). The van der Waals surface area contributed by atoms with Gasteiger partial charge < -0.3 is 14.6 Å². The molecule has 104 valence electrons. The number of aliphatic carboxylic acids is 1. The molecule has 0 aromatic carbocycles. The fraction of sp³-hybridized carbons (Fsp3) is 0.923. The topological polar surface area (TPSA) is 59.0 Å². The third-order valence-electron chi connectivity index (χ3n) is 3.76. The van der Waals surface area contributed by atoms with Crippen LogP contribution < -0.4 is 0 Å². The van der Waals surface area contributed by atoms with Crippen LogP contribution in [0.5, 0.6) is 0 Å². The molecule has 5 heteroatoms. The van der Waals surface area contributed by atoms with E-state index in [1.165, 1.54) is 0 Å². The zero-order valence-corrected chi connectivity index (χ0v) is 11.2. The minimum absolute atomic E-state index is 0.102. The second-order valence-corrected chi connectivity index (χ2v) is 5.47. The van der Waals surface area contributed by atoms with Gasteiger partial charge in [0, 0.05) is 19.1 Å². The number of hydrogen-bond donors (Lipinski definition) is 1. The summed E-state index contributed by atoms with van der Waals surface area (Å²) in [5, 5.41) is 8.83. The Kier molecular flexibility index (Phi) is 4.59. The molecular formula is C13H23NO4. The molecule has 3 unspecified atom stereocenters. The van der Waals surface area contributed by atoms with E-state index >= 15 is 0 Å². The first-order valence-corrected chi connectivity index (χ1v) is 6.77. The predicted molar refractivity (Wildman–Crippen MR) is 66.6 cm³/mol. The van der Waals surface area contributed by atoms with Crippen LogP contribution in [-0.2, 0) is 14.3 Å². The standard InChI is InChI=1S/C13H23NO4/c1-9-5-11(6-10(2)18-9)14-3-4-17-12(8-14)7-13(15)16/h9-12H,3-8H2,1-2H3,(H,15,16). The molecule has 0 aliphatic carbocycles. The van der Waals surface area contributed by atoms with E-state index in [9.17, 15) is 4.79 Å². The fourth-order valence-electron chi connectivity index (χ4n) is 3.06. The van der Waals surface area contributed by atoms with Crippen molar-refractivity contribution in [3.8, 4) is 0 Å². The first-order valence-electron chi connectivity index (χ1n) is 6.77. The van der Waals surface area contributed by atoms with Crippen molar-refractivity contribution in [3.05, 3.63) is 0 Å². The molecule has 0 aromatic heterocycles. The van der Waals surface area contributed by atoms with Gasteiger partial charge in [0.1, 0.15) is 0 Å². The second kappa shape index (κ2) is 5.99. The summed E-state index contributed by atoms with van der Waals surface area (Å²) in [6.45, 7) is 6.49. The molecular weight excluding hydrogens is 234 g/mol. The molecule has 2 fully saturated rings. The predicted octanol–water partition coefficient (Wildman–Crippen LogP) is 1.12. The number of carboxylic acid groups (broad SMARTS) is 1. The van der Waals surface area contributed by atoms with Gasteiger partial charge in [-0.05, 0) is 26.7 Å². The van der Waals surface area contributed by atoms with Gasteiger partial charge in [0.25, 0.3) is 0 Å². The van der Waals surface area contributed by atoms with Gasteiger partial charge in [-0.25, -0.2) is 0 Å². The maximum absolute atomic E-state index is 10.7. The van der Waals surface area contributed by atoms with Crippen molar-refractivity contribution in [1.82, 2.24) is 4.90 Å².